The third-order valence-electron chi connectivity index (χ3n) is 0.870. The standard InChI is InChI=1S/C6H7NS.2C2H6/c7-5-2-1-3-6(8)4-5;2*1-2/h1-4,8H,7H2;2*1-2H3. The first-order chi connectivity index (χ1) is 5.79. The van der Waals surface area contributed by atoms with Gasteiger partial charge in [0.1, 0.15) is 0 Å². The molecule has 0 radical (unpaired) electrons. The molecule has 0 spiro atoms. The predicted molar refractivity (Wildman–Crippen MR) is 60.8 cm³/mol. The van der Waals surface area contributed by atoms with Crippen molar-refractivity contribution in [1.29, 1.82) is 0 Å². The third kappa shape index (κ3) is 7.48. The van der Waals surface area contributed by atoms with Crippen LogP contribution in [0.2, 0.25) is 0 Å². The molecule has 2 N–H and O–H groups in total. The predicted octanol–water partition coefficient (Wildman–Crippen LogP) is 3.61. The van der Waals surface area contributed by atoms with Gasteiger partial charge < -0.3 is 5.73 Å². The maximum atomic E-state index is 5.41. The molecule has 0 aliphatic rings. The Morgan fingerprint density at radius 2 is 1.58 bits per heavy atom. The molecule has 1 aromatic rings. The average Bonchev–Trinajstić information content (AvgIpc) is 2.11. The average molecular weight is 185 g/mol. The zero-order valence-corrected chi connectivity index (χ0v) is 9.23. The molecule has 1 aromatic carbocycles. The maximum absolute atomic E-state index is 5.41. The largest absolute Gasteiger partial charge is 0.399 e. The van der Waals surface area contributed by atoms with Crippen LogP contribution in [0, 0.1) is 0 Å². The van der Waals surface area contributed by atoms with Crippen LogP contribution in [0.15, 0.2) is 29.2 Å². The van der Waals surface area contributed by atoms with E-state index >= 15 is 0 Å². The summed E-state index contributed by atoms with van der Waals surface area (Å²) in [6, 6.07) is 7.40. The van der Waals surface area contributed by atoms with Crippen molar-refractivity contribution in [2.24, 2.45) is 0 Å². The van der Waals surface area contributed by atoms with Crippen LogP contribution in [-0.2, 0) is 0 Å². The highest BCUT2D eigenvalue weighted by atomic mass is 32.1. The van der Waals surface area contributed by atoms with Crippen molar-refractivity contribution in [2.75, 3.05) is 5.73 Å². The minimum atomic E-state index is 0.762. The van der Waals surface area contributed by atoms with Gasteiger partial charge in [0.25, 0.3) is 0 Å². The van der Waals surface area contributed by atoms with E-state index in [0.717, 1.165) is 10.6 Å². The molecule has 1 nitrogen and oxygen atoms in total. The van der Waals surface area contributed by atoms with Crippen molar-refractivity contribution < 1.29 is 0 Å². The summed E-state index contributed by atoms with van der Waals surface area (Å²) in [5.74, 6) is 0. The summed E-state index contributed by atoms with van der Waals surface area (Å²) in [4.78, 5) is 0.907. The Bertz CT molecular complexity index is 170. The summed E-state index contributed by atoms with van der Waals surface area (Å²) in [6.07, 6.45) is 0. The Labute approximate surface area is 81.4 Å². The summed E-state index contributed by atoms with van der Waals surface area (Å²) in [5, 5.41) is 0. The molecule has 2 heteroatoms. The molecule has 0 fully saturated rings. The first-order valence-electron chi connectivity index (χ1n) is 4.33. The van der Waals surface area contributed by atoms with Crippen LogP contribution in [0.4, 0.5) is 5.69 Å². The third-order valence-corrected chi connectivity index (χ3v) is 1.15. The van der Waals surface area contributed by atoms with E-state index < -0.39 is 0 Å². The van der Waals surface area contributed by atoms with Gasteiger partial charge in [0, 0.05) is 10.6 Å². The lowest BCUT2D eigenvalue weighted by molar-refractivity contribution is 1.48. The lowest BCUT2D eigenvalue weighted by atomic mass is 10.3. The second kappa shape index (κ2) is 10.4. The number of benzene rings is 1. The minimum Gasteiger partial charge on any atom is -0.399 e. The lowest BCUT2D eigenvalue weighted by Crippen LogP contribution is -1.81. The van der Waals surface area contributed by atoms with E-state index in [1.54, 1.807) is 0 Å². The first-order valence-corrected chi connectivity index (χ1v) is 4.78. The van der Waals surface area contributed by atoms with Crippen LogP contribution < -0.4 is 5.73 Å². The SMILES string of the molecule is CC.CC.Nc1cccc(S)c1. The topological polar surface area (TPSA) is 26.0 Å². The number of rotatable bonds is 0. The highest BCUT2D eigenvalue weighted by molar-refractivity contribution is 7.80. The highest BCUT2D eigenvalue weighted by Gasteiger charge is 1.82. The summed E-state index contributed by atoms with van der Waals surface area (Å²) in [5.41, 5.74) is 6.17. The van der Waals surface area contributed by atoms with Gasteiger partial charge in [-0.1, -0.05) is 33.8 Å². The van der Waals surface area contributed by atoms with E-state index in [0.29, 0.717) is 0 Å². The van der Waals surface area contributed by atoms with Gasteiger partial charge in [-0.15, -0.1) is 12.6 Å². The van der Waals surface area contributed by atoms with Crippen LogP contribution >= 0.6 is 12.6 Å². The van der Waals surface area contributed by atoms with Gasteiger partial charge in [-0.25, -0.2) is 0 Å². The second-order valence-corrected chi connectivity index (χ2v) is 2.11. The first kappa shape index (κ1) is 13.9. The summed E-state index contributed by atoms with van der Waals surface area (Å²) in [7, 11) is 0. The van der Waals surface area contributed by atoms with Gasteiger partial charge in [-0.2, -0.15) is 0 Å². The molecular weight excluding hydrogens is 166 g/mol. The van der Waals surface area contributed by atoms with Crippen molar-refractivity contribution in [3.63, 3.8) is 0 Å². The van der Waals surface area contributed by atoms with E-state index in [9.17, 15) is 0 Å². The number of nitrogens with two attached hydrogens (primary N) is 1. The normalized spacial score (nSPS) is 7.08. The van der Waals surface area contributed by atoms with Gasteiger partial charge in [-0.3, -0.25) is 0 Å². The number of hydrogen-bond acceptors (Lipinski definition) is 2. The van der Waals surface area contributed by atoms with Crippen LogP contribution in [0.1, 0.15) is 27.7 Å². The fourth-order valence-corrected chi connectivity index (χ4v) is 0.760. The van der Waals surface area contributed by atoms with Crippen molar-refractivity contribution in [2.45, 2.75) is 32.6 Å². The van der Waals surface area contributed by atoms with Crippen molar-refractivity contribution in [3.8, 4) is 0 Å². The van der Waals surface area contributed by atoms with Crippen LogP contribution in [0.25, 0.3) is 0 Å². The zero-order valence-electron chi connectivity index (χ0n) is 8.33. The Morgan fingerprint density at radius 1 is 1.08 bits per heavy atom. The number of anilines is 1. The van der Waals surface area contributed by atoms with Crippen molar-refractivity contribution >= 4 is 18.3 Å². The van der Waals surface area contributed by atoms with Crippen LogP contribution in [0.3, 0.4) is 0 Å². The van der Waals surface area contributed by atoms with Gasteiger partial charge in [0.05, 0.1) is 0 Å². The lowest BCUT2D eigenvalue weighted by Gasteiger charge is -1.90. The molecule has 0 saturated heterocycles. The molecule has 1 rings (SSSR count). The zero-order chi connectivity index (χ0) is 9.98. The summed E-state index contributed by atoms with van der Waals surface area (Å²) >= 11 is 4.07. The molecule has 12 heavy (non-hydrogen) atoms. The van der Waals surface area contributed by atoms with Crippen molar-refractivity contribution in [3.05, 3.63) is 24.3 Å². The molecule has 0 heterocycles. The fourth-order valence-electron chi connectivity index (χ4n) is 0.525. The van der Waals surface area contributed by atoms with Crippen LogP contribution in [0.5, 0.6) is 0 Å². The van der Waals surface area contributed by atoms with Gasteiger partial charge >= 0.3 is 0 Å². The molecule has 0 amide bonds. The Balaban J connectivity index is 0. The maximum Gasteiger partial charge on any atom is 0.0325 e. The molecule has 70 valence electrons. The number of hydrogen-bond donors (Lipinski definition) is 2. The van der Waals surface area contributed by atoms with Crippen molar-refractivity contribution in [1.82, 2.24) is 0 Å². The van der Waals surface area contributed by atoms with E-state index in [1.165, 1.54) is 0 Å². The minimum absolute atomic E-state index is 0.762. The molecule has 0 atom stereocenters. The van der Waals surface area contributed by atoms with E-state index in [1.807, 2.05) is 52.0 Å². The molecule has 0 bridgehead atoms. The van der Waals surface area contributed by atoms with E-state index in [4.69, 9.17) is 5.73 Å². The summed E-state index contributed by atoms with van der Waals surface area (Å²) < 4.78 is 0. The summed E-state index contributed by atoms with van der Waals surface area (Å²) in [6.45, 7) is 8.00. The Hall–Kier alpha value is -0.630. The monoisotopic (exact) mass is 185 g/mol. The fraction of sp³-hybridized carbons (Fsp3) is 0.400. The van der Waals surface area contributed by atoms with E-state index in [-0.39, 0.29) is 0 Å². The van der Waals surface area contributed by atoms with E-state index in [2.05, 4.69) is 12.6 Å². The van der Waals surface area contributed by atoms with Gasteiger partial charge in [0.15, 0.2) is 0 Å². The van der Waals surface area contributed by atoms with Gasteiger partial charge in [0.2, 0.25) is 0 Å². The number of thiol groups is 1. The molecule has 0 aliphatic carbocycles. The quantitative estimate of drug-likeness (QED) is 0.468. The molecule has 0 saturated carbocycles. The smallest absolute Gasteiger partial charge is 0.0325 e. The van der Waals surface area contributed by atoms with Crippen LogP contribution in [-0.4, -0.2) is 0 Å². The highest BCUT2D eigenvalue weighted by Crippen LogP contribution is 2.08. The molecule has 0 aliphatic heterocycles. The molecule has 0 aromatic heterocycles. The molecule has 0 unspecified atom stereocenters. The number of nitrogen functional groups attached to an aromatic ring is 1. The molecular formula is C10H19NS. The Morgan fingerprint density at radius 3 is 1.83 bits per heavy atom. The Kier molecular flexibility index (Phi) is 12.0. The van der Waals surface area contributed by atoms with Gasteiger partial charge in [-0.05, 0) is 18.2 Å². The second-order valence-electron chi connectivity index (χ2n) is 1.59.